The van der Waals surface area contributed by atoms with E-state index >= 15 is 0 Å². The van der Waals surface area contributed by atoms with Crippen LogP contribution in [0.3, 0.4) is 0 Å². The summed E-state index contributed by atoms with van der Waals surface area (Å²) in [4.78, 5) is 14.9. The molecule has 1 aromatic carbocycles. The van der Waals surface area contributed by atoms with Gasteiger partial charge in [0.1, 0.15) is 5.75 Å². The Morgan fingerprint density at radius 1 is 1.21 bits per heavy atom. The maximum Gasteiger partial charge on any atom is 0.223 e. The van der Waals surface area contributed by atoms with Gasteiger partial charge in [-0.2, -0.15) is 0 Å². The predicted molar refractivity (Wildman–Crippen MR) is 108 cm³/mol. The minimum atomic E-state index is -0.0416. The molecular weight excluding hydrogens is 370 g/mol. The normalized spacial score (nSPS) is 16.0. The Bertz CT molecular complexity index is 964. The molecule has 1 atom stereocenters. The van der Waals surface area contributed by atoms with Crippen LogP contribution in [0.1, 0.15) is 38.3 Å². The number of hydrogen-bond acceptors (Lipinski definition) is 7. The number of hydrogen-bond donors (Lipinski definition) is 1. The summed E-state index contributed by atoms with van der Waals surface area (Å²) in [6, 6.07) is 11.6. The van der Waals surface area contributed by atoms with Crippen LogP contribution in [0.5, 0.6) is 5.75 Å². The summed E-state index contributed by atoms with van der Waals surface area (Å²) < 4.78 is 6.90. The minimum Gasteiger partial charge on any atom is -0.494 e. The Morgan fingerprint density at radius 2 is 1.97 bits per heavy atom. The number of nitrogens with one attached hydrogen (secondary N) is 1. The molecule has 9 nitrogen and oxygen atoms in total. The molecule has 0 spiro atoms. The molecule has 1 amide bonds. The summed E-state index contributed by atoms with van der Waals surface area (Å²) in [6.07, 6.45) is 1.58. The lowest BCUT2D eigenvalue weighted by atomic mass is 9.95. The van der Waals surface area contributed by atoms with Gasteiger partial charge in [-0.15, -0.1) is 14.8 Å². The molecule has 1 aliphatic heterocycles. The summed E-state index contributed by atoms with van der Waals surface area (Å²) in [5, 5.41) is 18.9. The van der Waals surface area contributed by atoms with Gasteiger partial charge in [0.2, 0.25) is 5.91 Å². The number of piperidine rings is 1. The first-order valence-electron chi connectivity index (χ1n) is 9.97. The minimum absolute atomic E-state index is 0.00756. The number of carbonyl (C=O) groups excluding carboxylic acids is 1. The average Bonchev–Trinajstić information content (AvgIpc) is 3.22. The quantitative estimate of drug-likeness (QED) is 0.682. The van der Waals surface area contributed by atoms with E-state index < -0.39 is 0 Å². The Hall–Kier alpha value is -3.23. The van der Waals surface area contributed by atoms with Crippen molar-refractivity contribution in [3.63, 3.8) is 0 Å². The van der Waals surface area contributed by atoms with E-state index in [1.165, 1.54) is 4.63 Å². The monoisotopic (exact) mass is 395 g/mol. The number of benzene rings is 1. The molecule has 0 radical (unpaired) electrons. The number of rotatable bonds is 6. The molecule has 9 heteroatoms. The van der Waals surface area contributed by atoms with Crippen molar-refractivity contribution in [3.8, 4) is 5.75 Å². The van der Waals surface area contributed by atoms with Crippen LogP contribution in [-0.4, -0.2) is 50.9 Å². The van der Waals surface area contributed by atoms with E-state index in [9.17, 15) is 4.79 Å². The summed E-state index contributed by atoms with van der Waals surface area (Å²) in [5.41, 5.74) is 1.68. The van der Waals surface area contributed by atoms with Crippen LogP contribution in [0.4, 0.5) is 5.82 Å². The molecule has 2 aromatic heterocycles. The molecule has 3 aromatic rings. The predicted octanol–water partition coefficient (Wildman–Crippen LogP) is 2.01. The van der Waals surface area contributed by atoms with Crippen LogP contribution in [-0.2, 0) is 4.79 Å². The highest BCUT2D eigenvalue weighted by Gasteiger charge is 2.27. The third kappa shape index (κ3) is 4.28. The van der Waals surface area contributed by atoms with Gasteiger partial charge in [-0.3, -0.25) is 4.79 Å². The molecular formula is C20H25N7O2. The van der Waals surface area contributed by atoms with E-state index in [-0.39, 0.29) is 17.9 Å². The highest BCUT2D eigenvalue weighted by Crippen LogP contribution is 2.23. The standard InChI is InChI=1S/C20H25N7O2/c1-3-29-17-6-4-15(5-7-17)14(2)21-20(28)16-10-12-26(13-11-16)19-9-8-18-22-24-25-27(18)23-19/h4-9,14,16H,3,10-13H2,1-2H3,(H,21,28)/t14-/m0/s1. The van der Waals surface area contributed by atoms with Gasteiger partial charge < -0.3 is 15.0 Å². The summed E-state index contributed by atoms with van der Waals surface area (Å²) >= 11 is 0. The van der Waals surface area contributed by atoms with Crippen LogP contribution >= 0.6 is 0 Å². The van der Waals surface area contributed by atoms with E-state index in [0.29, 0.717) is 12.3 Å². The molecule has 29 heavy (non-hydrogen) atoms. The lowest BCUT2D eigenvalue weighted by Gasteiger charge is -2.32. The zero-order chi connectivity index (χ0) is 20.2. The number of tetrazole rings is 1. The molecule has 3 heterocycles. The number of nitrogens with zero attached hydrogens (tertiary/aromatic N) is 6. The number of aromatic nitrogens is 5. The molecule has 1 N–H and O–H groups in total. The number of fused-ring (bicyclic) bond motifs is 1. The topological polar surface area (TPSA) is 97.5 Å². The van der Waals surface area contributed by atoms with Gasteiger partial charge in [-0.25, -0.2) is 0 Å². The van der Waals surface area contributed by atoms with Crippen LogP contribution in [0, 0.1) is 5.92 Å². The first-order chi connectivity index (χ1) is 14.1. The molecule has 0 saturated carbocycles. The van der Waals surface area contributed by atoms with E-state index in [2.05, 4.69) is 30.8 Å². The van der Waals surface area contributed by atoms with Crippen molar-refractivity contribution in [2.24, 2.45) is 5.92 Å². The Kier molecular flexibility index (Phi) is 5.55. The van der Waals surface area contributed by atoms with E-state index in [1.807, 2.05) is 50.2 Å². The van der Waals surface area contributed by atoms with Crippen molar-refractivity contribution < 1.29 is 9.53 Å². The van der Waals surface area contributed by atoms with Crippen molar-refractivity contribution in [2.75, 3.05) is 24.6 Å². The van der Waals surface area contributed by atoms with E-state index in [4.69, 9.17) is 4.74 Å². The van der Waals surface area contributed by atoms with E-state index in [1.54, 1.807) is 0 Å². The second-order valence-electron chi connectivity index (χ2n) is 7.21. The molecule has 0 aliphatic carbocycles. The second-order valence-corrected chi connectivity index (χ2v) is 7.21. The van der Waals surface area contributed by atoms with Crippen LogP contribution in [0.2, 0.25) is 0 Å². The highest BCUT2D eigenvalue weighted by molar-refractivity contribution is 5.79. The third-order valence-corrected chi connectivity index (χ3v) is 5.30. The molecule has 4 rings (SSSR count). The molecule has 0 unspecified atom stereocenters. The van der Waals surface area contributed by atoms with Gasteiger partial charge in [-0.05, 0) is 66.9 Å². The van der Waals surface area contributed by atoms with Crippen molar-refractivity contribution >= 4 is 17.4 Å². The van der Waals surface area contributed by atoms with Gasteiger partial charge in [0.05, 0.1) is 12.6 Å². The SMILES string of the molecule is CCOc1ccc([C@H](C)NC(=O)C2CCN(c3ccc4nnnn4n3)CC2)cc1. The van der Waals surface area contributed by atoms with Gasteiger partial charge in [0.15, 0.2) is 11.5 Å². The summed E-state index contributed by atoms with van der Waals surface area (Å²) in [5.74, 6) is 1.78. The summed E-state index contributed by atoms with van der Waals surface area (Å²) in [6.45, 7) is 6.16. The van der Waals surface area contributed by atoms with E-state index in [0.717, 1.165) is 43.1 Å². The zero-order valence-corrected chi connectivity index (χ0v) is 16.7. The van der Waals surface area contributed by atoms with Gasteiger partial charge in [0.25, 0.3) is 0 Å². The Morgan fingerprint density at radius 3 is 2.69 bits per heavy atom. The number of carbonyl (C=O) groups is 1. The van der Waals surface area contributed by atoms with Crippen molar-refractivity contribution in [3.05, 3.63) is 42.0 Å². The number of ether oxygens (including phenoxy) is 1. The highest BCUT2D eigenvalue weighted by atomic mass is 16.5. The van der Waals surface area contributed by atoms with Crippen LogP contribution in [0.15, 0.2) is 36.4 Å². The van der Waals surface area contributed by atoms with Gasteiger partial charge in [0, 0.05) is 19.0 Å². The number of anilines is 1. The Labute approximate surface area is 169 Å². The lowest BCUT2D eigenvalue weighted by molar-refractivity contribution is -0.126. The fourth-order valence-electron chi connectivity index (χ4n) is 3.61. The third-order valence-electron chi connectivity index (χ3n) is 5.30. The second kappa shape index (κ2) is 8.42. The van der Waals surface area contributed by atoms with Crippen LogP contribution < -0.4 is 15.0 Å². The fourth-order valence-corrected chi connectivity index (χ4v) is 3.61. The molecule has 1 fully saturated rings. The maximum atomic E-state index is 12.7. The molecule has 152 valence electrons. The molecule has 1 saturated heterocycles. The molecule has 1 aliphatic rings. The van der Waals surface area contributed by atoms with Crippen LogP contribution in [0.25, 0.3) is 5.65 Å². The van der Waals surface area contributed by atoms with Gasteiger partial charge in [-0.1, -0.05) is 12.1 Å². The average molecular weight is 395 g/mol. The maximum absolute atomic E-state index is 12.7. The van der Waals surface area contributed by atoms with Gasteiger partial charge >= 0.3 is 0 Å². The first kappa shape index (κ1) is 19.1. The molecule has 0 bridgehead atoms. The summed E-state index contributed by atoms with van der Waals surface area (Å²) in [7, 11) is 0. The largest absolute Gasteiger partial charge is 0.494 e. The first-order valence-corrected chi connectivity index (χ1v) is 9.97. The fraction of sp³-hybridized carbons (Fsp3) is 0.450. The van der Waals surface area contributed by atoms with Crippen molar-refractivity contribution in [2.45, 2.75) is 32.7 Å². The van der Waals surface area contributed by atoms with Crippen molar-refractivity contribution in [1.82, 2.24) is 30.6 Å². The Balaban J connectivity index is 1.31. The lowest BCUT2D eigenvalue weighted by Crippen LogP contribution is -2.41. The smallest absolute Gasteiger partial charge is 0.223 e. The zero-order valence-electron chi connectivity index (χ0n) is 16.7. The number of amides is 1. The van der Waals surface area contributed by atoms with Crippen molar-refractivity contribution in [1.29, 1.82) is 0 Å².